The van der Waals surface area contributed by atoms with Crippen LogP contribution in [0.25, 0.3) is 22.0 Å². The maximum Gasteiger partial charge on any atom is 0.276 e. The lowest BCUT2D eigenvalue weighted by Crippen LogP contribution is -2.17. The van der Waals surface area contributed by atoms with Crippen molar-refractivity contribution in [1.82, 2.24) is 20.2 Å². The van der Waals surface area contributed by atoms with Gasteiger partial charge in [0.25, 0.3) is 5.91 Å². The topological polar surface area (TPSA) is 86.8 Å². The second-order valence-electron chi connectivity index (χ2n) is 7.15. The monoisotopic (exact) mass is 384 g/mol. The molecule has 2 N–H and O–H groups in total. The molecule has 4 heterocycles. The lowest BCUT2D eigenvalue weighted by atomic mass is 10.0. The first-order valence-electron chi connectivity index (χ1n) is 9.68. The smallest absolute Gasteiger partial charge is 0.276 e. The number of hydrogen-bond donors (Lipinski definition) is 2. The number of nitrogens with one attached hydrogen (secondary N) is 2. The Morgan fingerprint density at radius 2 is 1.90 bits per heavy atom. The van der Waals surface area contributed by atoms with E-state index in [-0.39, 0.29) is 5.91 Å². The Kier molecular flexibility index (Phi) is 4.40. The predicted molar refractivity (Wildman–Crippen MR) is 113 cm³/mol. The van der Waals surface area contributed by atoms with Crippen LogP contribution in [0.3, 0.4) is 0 Å². The molecule has 4 aromatic rings. The third kappa shape index (κ3) is 3.42. The lowest BCUT2D eigenvalue weighted by molar-refractivity contribution is 0.102. The fourth-order valence-electron chi connectivity index (χ4n) is 3.73. The number of aromatic nitrogens is 4. The van der Waals surface area contributed by atoms with Crippen LogP contribution in [0.1, 0.15) is 23.3 Å². The molecule has 0 radical (unpaired) electrons. The molecule has 0 saturated carbocycles. The van der Waals surface area contributed by atoms with Crippen molar-refractivity contribution in [3.8, 4) is 11.1 Å². The van der Waals surface area contributed by atoms with Crippen LogP contribution >= 0.6 is 0 Å². The van der Waals surface area contributed by atoms with Gasteiger partial charge in [0.2, 0.25) is 0 Å². The van der Waals surface area contributed by atoms with E-state index >= 15 is 0 Å². The first-order valence-corrected chi connectivity index (χ1v) is 9.68. The van der Waals surface area contributed by atoms with Crippen molar-refractivity contribution in [2.45, 2.75) is 12.8 Å². The predicted octanol–water partition coefficient (Wildman–Crippen LogP) is 3.87. The van der Waals surface area contributed by atoms with E-state index in [1.54, 1.807) is 24.5 Å². The van der Waals surface area contributed by atoms with Crippen molar-refractivity contribution >= 4 is 28.2 Å². The summed E-state index contributed by atoms with van der Waals surface area (Å²) in [6.07, 6.45) is 9.49. The summed E-state index contributed by atoms with van der Waals surface area (Å²) in [5.74, 6) is -0.273. The first-order chi connectivity index (χ1) is 14.3. The number of aromatic amines is 1. The van der Waals surface area contributed by atoms with Gasteiger partial charge in [-0.1, -0.05) is 6.07 Å². The molecule has 1 aliphatic heterocycles. The summed E-state index contributed by atoms with van der Waals surface area (Å²) in [4.78, 5) is 23.5. The van der Waals surface area contributed by atoms with Gasteiger partial charge in [0.1, 0.15) is 0 Å². The van der Waals surface area contributed by atoms with Crippen molar-refractivity contribution in [2.24, 2.45) is 0 Å². The van der Waals surface area contributed by atoms with E-state index in [9.17, 15) is 4.79 Å². The van der Waals surface area contributed by atoms with Crippen molar-refractivity contribution in [3.63, 3.8) is 0 Å². The van der Waals surface area contributed by atoms with Crippen molar-refractivity contribution in [1.29, 1.82) is 0 Å². The zero-order valence-electron chi connectivity index (χ0n) is 15.8. The van der Waals surface area contributed by atoms with Crippen LogP contribution in [0, 0.1) is 0 Å². The maximum absolute atomic E-state index is 12.7. The summed E-state index contributed by atoms with van der Waals surface area (Å²) in [6, 6.07) is 11.7. The number of anilines is 2. The number of carbonyl (C=O) groups is 1. The number of benzene rings is 1. The molecule has 3 aromatic heterocycles. The minimum Gasteiger partial charge on any atom is -0.370 e. The Hall–Kier alpha value is -3.74. The average Bonchev–Trinajstić information content (AvgIpc) is 3.44. The highest BCUT2D eigenvalue weighted by Crippen LogP contribution is 2.29. The zero-order chi connectivity index (χ0) is 19.6. The van der Waals surface area contributed by atoms with Crippen molar-refractivity contribution < 1.29 is 4.79 Å². The second-order valence-corrected chi connectivity index (χ2v) is 7.15. The highest BCUT2D eigenvalue weighted by molar-refractivity contribution is 6.11. The Balaban J connectivity index is 1.48. The number of pyridine rings is 2. The van der Waals surface area contributed by atoms with E-state index in [0.29, 0.717) is 11.4 Å². The van der Waals surface area contributed by atoms with Gasteiger partial charge in [0, 0.05) is 36.4 Å². The molecule has 0 bridgehead atoms. The molecule has 1 aromatic carbocycles. The number of nitrogens with zero attached hydrogens (tertiary/aromatic N) is 4. The van der Waals surface area contributed by atoms with E-state index in [2.05, 4.69) is 36.4 Å². The molecule has 7 nitrogen and oxygen atoms in total. The van der Waals surface area contributed by atoms with Crippen LogP contribution in [0.5, 0.6) is 0 Å². The molecule has 0 aliphatic carbocycles. The van der Waals surface area contributed by atoms with Gasteiger partial charge in [0.15, 0.2) is 5.69 Å². The van der Waals surface area contributed by atoms with E-state index in [1.165, 1.54) is 12.8 Å². The number of hydrogen-bond acceptors (Lipinski definition) is 5. The summed E-state index contributed by atoms with van der Waals surface area (Å²) in [5.41, 5.74) is 4.97. The minimum absolute atomic E-state index is 0.273. The number of fused-ring (bicyclic) bond motifs is 1. The molecular weight excluding hydrogens is 364 g/mol. The van der Waals surface area contributed by atoms with E-state index in [4.69, 9.17) is 0 Å². The standard InChI is InChI=1S/C22H20N6O/c29-22(25-17-4-3-7-23-13-17)21-19-11-15(5-6-20(19)26-27-21)16-10-18(14-24-12-16)28-8-1-2-9-28/h3-7,10-14H,1-2,8-9H2,(H,25,29)(H,26,27). The average molecular weight is 384 g/mol. The summed E-state index contributed by atoms with van der Waals surface area (Å²) in [7, 11) is 0. The Morgan fingerprint density at radius 3 is 2.72 bits per heavy atom. The SMILES string of the molecule is O=C(Nc1cccnc1)c1n[nH]c2ccc(-c3cncc(N4CCCC4)c3)cc12. The fraction of sp³-hybridized carbons (Fsp3) is 0.182. The molecule has 0 atom stereocenters. The zero-order valence-corrected chi connectivity index (χ0v) is 15.8. The van der Waals surface area contributed by atoms with Crippen LogP contribution < -0.4 is 10.2 Å². The molecule has 0 unspecified atom stereocenters. The van der Waals surface area contributed by atoms with E-state index < -0.39 is 0 Å². The van der Waals surface area contributed by atoms with Gasteiger partial charge in [-0.15, -0.1) is 0 Å². The third-order valence-electron chi connectivity index (χ3n) is 5.23. The molecule has 1 aliphatic rings. The van der Waals surface area contributed by atoms with Gasteiger partial charge >= 0.3 is 0 Å². The van der Waals surface area contributed by atoms with Gasteiger partial charge in [-0.05, 0) is 48.7 Å². The summed E-state index contributed by atoms with van der Waals surface area (Å²) in [5, 5.41) is 10.8. The second kappa shape index (κ2) is 7.35. The maximum atomic E-state index is 12.7. The Morgan fingerprint density at radius 1 is 1.00 bits per heavy atom. The molecule has 0 spiro atoms. The van der Waals surface area contributed by atoms with Gasteiger partial charge in [-0.25, -0.2) is 0 Å². The third-order valence-corrected chi connectivity index (χ3v) is 5.23. The van der Waals surface area contributed by atoms with Gasteiger partial charge in [-0.2, -0.15) is 5.10 Å². The highest BCUT2D eigenvalue weighted by Gasteiger charge is 2.17. The van der Waals surface area contributed by atoms with Crippen LogP contribution in [-0.4, -0.2) is 39.2 Å². The normalized spacial score (nSPS) is 13.7. The quantitative estimate of drug-likeness (QED) is 0.558. The van der Waals surface area contributed by atoms with E-state index in [1.807, 2.05) is 30.6 Å². The molecular formula is C22H20N6O. The van der Waals surface area contributed by atoms with Gasteiger partial charge < -0.3 is 10.2 Å². The Bertz CT molecular complexity index is 1160. The number of carbonyl (C=O) groups excluding carboxylic acids is 1. The van der Waals surface area contributed by atoms with Crippen LogP contribution in [0.15, 0.2) is 61.2 Å². The lowest BCUT2D eigenvalue weighted by Gasteiger charge is -2.17. The molecule has 29 heavy (non-hydrogen) atoms. The highest BCUT2D eigenvalue weighted by atomic mass is 16.1. The molecule has 1 fully saturated rings. The van der Waals surface area contributed by atoms with E-state index in [0.717, 1.165) is 40.8 Å². The number of amides is 1. The van der Waals surface area contributed by atoms with Crippen LogP contribution in [0.4, 0.5) is 11.4 Å². The summed E-state index contributed by atoms with van der Waals surface area (Å²) < 4.78 is 0. The van der Waals surface area contributed by atoms with Crippen LogP contribution in [-0.2, 0) is 0 Å². The number of rotatable bonds is 4. The molecule has 1 saturated heterocycles. The molecule has 1 amide bonds. The summed E-state index contributed by atoms with van der Waals surface area (Å²) in [6.45, 7) is 2.15. The molecule has 7 heteroatoms. The van der Waals surface area contributed by atoms with Crippen molar-refractivity contribution in [3.05, 3.63) is 66.9 Å². The van der Waals surface area contributed by atoms with Crippen molar-refractivity contribution in [2.75, 3.05) is 23.3 Å². The van der Waals surface area contributed by atoms with Crippen LogP contribution in [0.2, 0.25) is 0 Å². The minimum atomic E-state index is -0.273. The number of H-pyrrole nitrogens is 1. The van der Waals surface area contributed by atoms with Gasteiger partial charge in [-0.3, -0.25) is 19.9 Å². The molecule has 5 rings (SSSR count). The summed E-state index contributed by atoms with van der Waals surface area (Å²) >= 11 is 0. The fourth-order valence-corrected chi connectivity index (χ4v) is 3.73. The first kappa shape index (κ1) is 17.4. The molecule has 144 valence electrons. The largest absolute Gasteiger partial charge is 0.370 e. The Labute approximate surface area is 167 Å². The van der Waals surface area contributed by atoms with Gasteiger partial charge in [0.05, 0.1) is 29.3 Å².